The lowest BCUT2D eigenvalue weighted by Gasteiger charge is -2.37. The minimum atomic E-state index is -0.544. The Morgan fingerprint density at radius 3 is 2.74 bits per heavy atom. The lowest BCUT2D eigenvalue weighted by atomic mass is 9.91. The van der Waals surface area contributed by atoms with Crippen molar-refractivity contribution in [3.63, 3.8) is 0 Å². The van der Waals surface area contributed by atoms with Crippen LogP contribution >= 0.6 is 0 Å². The fraction of sp³-hybridized carbons (Fsp3) is 0.688. The Bertz CT molecular complexity index is 564. The van der Waals surface area contributed by atoms with E-state index in [1.165, 1.54) is 0 Å². The molecule has 0 aromatic carbocycles. The summed E-state index contributed by atoms with van der Waals surface area (Å²) in [6, 6.07) is 0. The van der Waals surface area contributed by atoms with Gasteiger partial charge in [0, 0.05) is 32.0 Å². The van der Waals surface area contributed by atoms with E-state index in [0.29, 0.717) is 19.6 Å². The number of likely N-dealkylation sites (tertiary alicyclic amines) is 1. The third-order valence-corrected chi connectivity index (χ3v) is 4.69. The van der Waals surface area contributed by atoms with Crippen molar-refractivity contribution in [2.75, 3.05) is 27.3 Å². The number of amides is 2. The number of aromatic amines is 1. The Labute approximate surface area is 136 Å². The van der Waals surface area contributed by atoms with Crippen LogP contribution in [0, 0.1) is 13.8 Å². The van der Waals surface area contributed by atoms with Crippen LogP contribution in [0.2, 0.25) is 0 Å². The normalized spacial score (nSPS) is 20.8. The van der Waals surface area contributed by atoms with Crippen LogP contribution < -0.4 is 5.32 Å². The smallest absolute Gasteiger partial charge is 0.227 e. The molecule has 0 spiro atoms. The van der Waals surface area contributed by atoms with Crippen molar-refractivity contribution in [1.29, 1.82) is 0 Å². The Morgan fingerprint density at radius 1 is 1.43 bits per heavy atom. The molecule has 2 N–H and O–H groups in total. The quantitative estimate of drug-likeness (QED) is 0.807. The Kier molecular flexibility index (Phi) is 5.41. The van der Waals surface area contributed by atoms with Crippen LogP contribution in [0.5, 0.6) is 0 Å². The van der Waals surface area contributed by atoms with Crippen molar-refractivity contribution in [2.24, 2.45) is 0 Å². The second-order valence-corrected chi connectivity index (χ2v) is 6.25. The number of hydrogen-bond donors (Lipinski definition) is 2. The van der Waals surface area contributed by atoms with Crippen LogP contribution in [0.15, 0.2) is 0 Å². The molecule has 1 saturated heterocycles. The molecule has 128 valence electrons. The van der Waals surface area contributed by atoms with E-state index in [9.17, 15) is 9.59 Å². The maximum atomic E-state index is 12.9. The van der Waals surface area contributed by atoms with Crippen molar-refractivity contribution in [3.05, 3.63) is 17.0 Å². The van der Waals surface area contributed by atoms with E-state index in [4.69, 9.17) is 4.74 Å². The lowest BCUT2D eigenvalue weighted by Crippen LogP contribution is -2.53. The molecule has 0 saturated carbocycles. The largest absolute Gasteiger partial charge is 0.382 e. The van der Waals surface area contributed by atoms with E-state index in [1.807, 2.05) is 18.7 Å². The van der Waals surface area contributed by atoms with Crippen molar-refractivity contribution in [2.45, 2.75) is 45.1 Å². The van der Waals surface area contributed by atoms with Crippen LogP contribution in [0.25, 0.3) is 0 Å². The summed E-state index contributed by atoms with van der Waals surface area (Å²) in [5.41, 5.74) is 2.16. The summed E-state index contributed by atoms with van der Waals surface area (Å²) >= 11 is 0. The highest BCUT2D eigenvalue weighted by atomic mass is 16.5. The van der Waals surface area contributed by atoms with E-state index >= 15 is 0 Å². The first kappa shape index (κ1) is 17.5. The molecule has 1 aliphatic rings. The molecule has 2 rings (SSSR count). The Morgan fingerprint density at radius 2 is 2.17 bits per heavy atom. The van der Waals surface area contributed by atoms with Crippen LogP contribution in [0.1, 0.15) is 36.2 Å². The van der Waals surface area contributed by atoms with Gasteiger partial charge in [-0.05, 0) is 26.7 Å². The lowest BCUT2D eigenvalue weighted by molar-refractivity contribution is -0.139. The number of nitrogens with one attached hydrogen (secondary N) is 2. The van der Waals surface area contributed by atoms with Crippen molar-refractivity contribution < 1.29 is 14.3 Å². The topological polar surface area (TPSA) is 87.3 Å². The van der Waals surface area contributed by atoms with Crippen molar-refractivity contribution in [3.8, 4) is 0 Å². The van der Waals surface area contributed by atoms with Gasteiger partial charge in [-0.25, -0.2) is 0 Å². The van der Waals surface area contributed by atoms with Gasteiger partial charge in [-0.1, -0.05) is 0 Å². The highest BCUT2D eigenvalue weighted by molar-refractivity contribution is 5.83. The van der Waals surface area contributed by atoms with Crippen LogP contribution in [-0.2, 0) is 20.7 Å². The van der Waals surface area contributed by atoms with Crippen LogP contribution in [0.3, 0.4) is 0 Å². The monoisotopic (exact) mass is 322 g/mol. The van der Waals surface area contributed by atoms with E-state index < -0.39 is 5.54 Å². The first-order valence-corrected chi connectivity index (χ1v) is 7.94. The molecule has 0 radical (unpaired) electrons. The van der Waals surface area contributed by atoms with Crippen LogP contribution in [-0.4, -0.2) is 59.8 Å². The molecule has 1 atom stereocenters. The number of carbonyl (C=O) groups is 2. The highest BCUT2D eigenvalue weighted by Gasteiger charge is 2.45. The molecule has 2 heterocycles. The molecule has 1 fully saturated rings. The molecule has 2 amide bonds. The maximum absolute atomic E-state index is 12.9. The zero-order valence-electron chi connectivity index (χ0n) is 14.4. The van der Waals surface area contributed by atoms with Gasteiger partial charge in [-0.15, -0.1) is 0 Å². The molecule has 1 aliphatic heterocycles. The first-order chi connectivity index (χ1) is 10.9. The maximum Gasteiger partial charge on any atom is 0.227 e. The van der Waals surface area contributed by atoms with Gasteiger partial charge >= 0.3 is 0 Å². The molecule has 0 bridgehead atoms. The van der Waals surface area contributed by atoms with Gasteiger partial charge in [0.25, 0.3) is 0 Å². The average molecular weight is 322 g/mol. The molecule has 23 heavy (non-hydrogen) atoms. The van der Waals surface area contributed by atoms with Crippen molar-refractivity contribution >= 4 is 11.8 Å². The number of rotatable bonds is 6. The fourth-order valence-corrected chi connectivity index (χ4v) is 3.45. The van der Waals surface area contributed by atoms with Gasteiger partial charge < -0.3 is 15.0 Å². The molecular weight excluding hydrogens is 296 g/mol. The second kappa shape index (κ2) is 7.12. The van der Waals surface area contributed by atoms with Crippen molar-refractivity contribution in [1.82, 2.24) is 20.4 Å². The molecule has 1 aromatic heterocycles. The fourth-order valence-electron chi connectivity index (χ4n) is 3.45. The van der Waals surface area contributed by atoms with E-state index in [2.05, 4.69) is 15.5 Å². The number of carbonyl (C=O) groups excluding carboxylic acids is 2. The van der Waals surface area contributed by atoms with E-state index in [0.717, 1.165) is 29.8 Å². The third kappa shape index (κ3) is 3.55. The average Bonchev–Trinajstić information content (AvgIpc) is 3.06. The van der Waals surface area contributed by atoms with Gasteiger partial charge in [0.1, 0.15) is 0 Å². The number of H-pyrrole nitrogens is 1. The summed E-state index contributed by atoms with van der Waals surface area (Å²) in [5.74, 6) is -0.0477. The predicted octanol–water partition coefficient (Wildman–Crippen LogP) is 0.713. The van der Waals surface area contributed by atoms with E-state index in [1.54, 1.807) is 14.2 Å². The van der Waals surface area contributed by atoms with Gasteiger partial charge in [-0.2, -0.15) is 5.10 Å². The number of aryl methyl sites for hydroxylation is 2. The summed E-state index contributed by atoms with van der Waals surface area (Å²) in [6.07, 6.45) is 2.23. The molecule has 1 aromatic rings. The molecule has 7 nitrogen and oxygen atoms in total. The van der Waals surface area contributed by atoms with Crippen LogP contribution in [0.4, 0.5) is 0 Å². The number of methoxy groups -OCH3 is 1. The number of aromatic nitrogens is 2. The van der Waals surface area contributed by atoms with E-state index in [-0.39, 0.29) is 18.2 Å². The predicted molar refractivity (Wildman–Crippen MR) is 86.0 cm³/mol. The number of hydrogen-bond acceptors (Lipinski definition) is 4. The zero-order valence-corrected chi connectivity index (χ0v) is 14.4. The minimum absolute atomic E-state index is 0.0241. The molecular formula is C16H26N4O3. The number of ether oxygens (including phenoxy) is 1. The summed E-state index contributed by atoms with van der Waals surface area (Å²) in [5, 5.41) is 9.71. The third-order valence-electron chi connectivity index (χ3n) is 4.69. The van der Waals surface area contributed by atoms with Gasteiger partial charge in [0.2, 0.25) is 11.8 Å². The summed E-state index contributed by atoms with van der Waals surface area (Å²) in [6.45, 7) is 4.84. The Hall–Kier alpha value is -1.89. The molecule has 0 aliphatic carbocycles. The van der Waals surface area contributed by atoms with Gasteiger partial charge in [0.05, 0.1) is 30.7 Å². The SMILES string of the molecule is CNC(=O)C[C@]1(COC)CCCN1C(=O)Cc1c(C)n[nH]c1C. The first-order valence-electron chi connectivity index (χ1n) is 7.94. The highest BCUT2D eigenvalue weighted by Crippen LogP contribution is 2.33. The molecule has 0 unspecified atom stereocenters. The summed E-state index contributed by atoms with van der Waals surface area (Å²) in [4.78, 5) is 26.6. The van der Waals surface area contributed by atoms with Gasteiger partial charge in [0.15, 0.2) is 0 Å². The summed E-state index contributed by atoms with van der Waals surface area (Å²) < 4.78 is 5.35. The summed E-state index contributed by atoms with van der Waals surface area (Å²) in [7, 11) is 3.22. The number of nitrogens with zero attached hydrogens (tertiary/aromatic N) is 2. The van der Waals surface area contributed by atoms with Gasteiger partial charge in [-0.3, -0.25) is 14.7 Å². The zero-order chi connectivity index (χ0) is 17.0. The molecule has 7 heteroatoms. The standard InChI is InChI=1S/C16H26N4O3/c1-11-13(12(2)19-18-11)8-15(22)20-7-5-6-16(20,10-23-4)9-14(21)17-3/h5-10H2,1-4H3,(H,17,21)(H,18,19)/t16-/m0/s1. The second-order valence-electron chi connectivity index (χ2n) is 6.25. The minimum Gasteiger partial charge on any atom is -0.382 e. The Balaban J connectivity index is 2.20.